The van der Waals surface area contributed by atoms with Crippen LogP contribution in [0.3, 0.4) is 0 Å². The zero-order valence-electron chi connectivity index (χ0n) is 22.3. The van der Waals surface area contributed by atoms with Gasteiger partial charge in [0.1, 0.15) is 65.2 Å². The van der Waals surface area contributed by atoms with E-state index in [-0.39, 0.29) is 16.9 Å². The van der Waals surface area contributed by atoms with Gasteiger partial charge in [0.05, 0.1) is 12.7 Å². The third-order valence-corrected chi connectivity index (χ3v) is 7.29. The van der Waals surface area contributed by atoms with Crippen LogP contribution in [-0.2, 0) is 9.47 Å². The molecule has 0 radical (unpaired) electrons. The van der Waals surface area contributed by atoms with Gasteiger partial charge in [-0.05, 0) is 25.1 Å². The molecule has 43 heavy (non-hydrogen) atoms. The summed E-state index contributed by atoms with van der Waals surface area (Å²) < 4.78 is 27.8. The Hall–Kier alpha value is -3.71. The molecule has 2 aromatic carbocycles. The third kappa shape index (κ3) is 5.55. The Morgan fingerprint density at radius 1 is 0.744 bits per heavy atom. The topological polar surface area (TPSA) is 269 Å². The van der Waals surface area contributed by atoms with Crippen molar-refractivity contribution in [3.8, 4) is 40.1 Å². The van der Waals surface area contributed by atoms with E-state index in [4.69, 9.17) is 23.4 Å². The fourth-order valence-electron chi connectivity index (χ4n) is 4.81. The molecule has 16 nitrogen and oxygen atoms in total. The third-order valence-electron chi connectivity index (χ3n) is 7.29. The Labute approximate surface area is 241 Å². The van der Waals surface area contributed by atoms with Crippen LogP contribution in [0, 0.1) is 0 Å². The van der Waals surface area contributed by atoms with E-state index >= 15 is 0 Å². The summed E-state index contributed by atoms with van der Waals surface area (Å²) in [6, 6.07) is 5.43. The lowest BCUT2D eigenvalue weighted by Gasteiger charge is -2.39. The lowest BCUT2D eigenvalue weighted by atomic mass is 9.99. The van der Waals surface area contributed by atoms with E-state index in [0.29, 0.717) is 0 Å². The lowest BCUT2D eigenvalue weighted by molar-refractivity contribution is -0.277. The Balaban J connectivity index is 1.61. The largest absolute Gasteiger partial charge is 0.507 e. The number of hydrogen-bond donors (Lipinski definition) is 10. The van der Waals surface area contributed by atoms with Crippen LogP contribution in [-0.4, -0.2) is 119 Å². The second-order valence-corrected chi connectivity index (χ2v) is 10.2. The summed E-state index contributed by atoms with van der Waals surface area (Å²) in [5.74, 6) is -3.14. The second kappa shape index (κ2) is 11.8. The van der Waals surface area contributed by atoms with Crippen molar-refractivity contribution in [1.82, 2.24) is 0 Å². The number of rotatable bonds is 6. The number of benzene rings is 2. The van der Waals surface area contributed by atoms with Gasteiger partial charge in [0, 0.05) is 17.7 Å². The number of aliphatic hydroxyl groups excluding tert-OH is 7. The number of ether oxygens (including phenoxy) is 4. The predicted molar refractivity (Wildman–Crippen MR) is 140 cm³/mol. The van der Waals surface area contributed by atoms with Crippen LogP contribution in [0.15, 0.2) is 39.5 Å². The van der Waals surface area contributed by atoms with Crippen LogP contribution < -0.4 is 14.9 Å². The molecular weight excluding hydrogens is 580 g/mol. The Morgan fingerprint density at radius 3 is 2.05 bits per heavy atom. The summed E-state index contributed by atoms with van der Waals surface area (Å²) in [6.45, 7) is 0.650. The molecule has 2 aliphatic heterocycles. The number of hydrogen-bond acceptors (Lipinski definition) is 16. The van der Waals surface area contributed by atoms with Gasteiger partial charge in [-0.1, -0.05) is 0 Å². The number of phenolic OH excluding ortho intramolecular Hbond substituents is 3. The molecule has 5 rings (SSSR count). The second-order valence-electron chi connectivity index (χ2n) is 10.2. The average molecular weight is 611 g/mol. The molecule has 0 spiro atoms. The van der Waals surface area contributed by atoms with Gasteiger partial charge in [-0.2, -0.15) is 0 Å². The molecule has 16 heteroatoms. The maximum atomic E-state index is 13.7. The fraction of sp³-hybridized carbons (Fsp3) is 0.444. The van der Waals surface area contributed by atoms with Crippen molar-refractivity contribution in [2.75, 3.05) is 6.61 Å². The first-order valence-electron chi connectivity index (χ1n) is 13.0. The molecule has 3 heterocycles. The molecule has 234 valence electrons. The average Bonchev–Trinajstić information content (AvgIpc) is 2.97. The first-order valence-corrected chi connectivity index (χ1v) is 13.0. The van der Waals surface area contributed by atoms with Crippen molar-refractivity contribution in [3.63, 3.8) is 0 Å². The maximum Gasteiger partial charge on any atom is 0.239 e. The Bertz CT molecular complexity index is 1540. The Morgan fingerprint density at radius 2 is 1.40 bits per heavy atom. The lowest BCUT2D eigenvalue weighted by Crippen LogP contribution is -2.60. The van der Waals surface area contributed by atoms with Crippen molar-refractivity contribution in [1.29, 1.82) is 0 Å². The van der Waals surface area contributed by atoms with Gasteiger partial charge in [-0.15, -0.1) is 0 Å². The molecule has 0 unspecified atom stereocenters. The van der Waals surface area contributed by atoms with Crippen molar-refractivity contribution >= 4 is 11.0 Å². The zero-order chi connectivity index (χ0) is 31.3. The fourth-order valence-corrected chi connectivity index (χ4v) is 4.81. The summed E-state index contributed by atoms with van der Waals surface area (Å²) >= 11 is 0. The van der Waals surface area contributed by atoms with Gasteiger partial charge in [-0.3, -0.25) is 4.79 Å². The molecule has 2 aliphatic rings. The van der Waals surface area contributed by atoms with Gasteiger partial charge in [0.2, 0.25) is 23.8 Å². The Kier molecular flexibility index (Phi) is 8.41. The smallest absolute Gasteiger partial charge is 0.239 e. The van der Waals surface area contributed by atoms with Crippen LogP contribution in [0.5, 0.6) is 28.7 Å². The highest BCUT2D eigenvalue weighted by atomic mass is 16.7. The summed E-state index contributed by atoms with van der Waals surface area (Å²) in [7, 11) is 0. The van der Waals surface area contributed by atoms with Gasteiger partial charge < -0.3 is 74.4 Å². The minimum absolute atomic E-state index is 0.0447. The highest BCUT2D eigenvalue weighted by molar-refractivity contribution is 5.88. The van der Waals surface area contributed by atoms with Crippen LogP contribution >= 0.6 is 0 Å². The summed E-state index contributed by atoms with van der Waals surface area (Å²) in [5.41, 5.74) is -1.40. The van der Waals surface area contributed by atoms with Crippen molar-refractivity contribution in [2.24, 2.45) is 0 Å². The molecular formula is C27H30O16. The van der Waals surface area contributed by atoms with Crippen molar-refractivity contribution in [2.45, 2.75) is 68.3 Å². The molecule has 2 saturated heterocycles. The highest BCUT2D eigenvalue weighted by Crippen LogP contribution is 2.40. The minimum Gasteiger partial charge on any atom is -0.507 e. The molecule has 0 amide bonds. The predicted octanol–water partition coefficient (Wildman–Crippen LogP) is -2.04. The number of aromatic hydroxyl groups is 3. The summed E-state index contributed by atoms with van der Waals surface area (Å²) in [6.07, 6.45) is -15.9. The summed E-state index contributed by atoms with van der Waals surface area (Å²) in [4.78, 5) is 13.7. The molecule has 1 aromatic heterocycles. The molecule has 10 atom stereocenters. The van der Waals surface area contributed by atoms with E-state index in [1.807, 2.05) is 0 Å². The van der Waals surface area contributed by atoms with E-state index < -0.39 is 108 Å². The molecule has 2 fully saturated rings. The number of aliphatic hydroxyl groups is 7. The van der Waals surface area contributed by atoms with Crippen LogP contribution in [0.2, 0.25) is 0 Å². The van der Waals surface area contributed by atoms with Crippen LogP contribution in [0.4, 0.5) is 0 Å². The monoisotopic (exact) mass is 610 g/mol. The van der Waals surface area contributed by atoms with Gasteiger partial charge in [-0.25, -0.2) is 0 Å². The van der Waals surface area contributed by atoms with Gasteiger partial charge in [0.15, 0.2) is 17.3 Å². The van der Waals surface area contributed by atoms with Gasteiger partial charge in [0.25, 0.3) is 0 Å². The van der Waals surface area contributed by atoms with E-state index in [2.05, 4.69) is 0 Å². The molecule has 10 N–H and O–H groups in total. The first-order chi connectivity index (χ1) is 20.3. The number of phenols is 3. The van der Waals surface area contributed by atoms with Crippen LogP contribution in [0.1, 0.15) is 6.92 Å². The zero-order valence-corrected chi connectivity index (χ0v) is 22.3. The van der Waals surface area contributed by atoms with Crippen LogP contribution in [0.25, 0.3) is 22.3 Å². The van der Waals surface area contributed by atoms with Crippen molar-refractivity contribution in [3.05, 3.63) is 40.6 Å². The SMILES string of the molecule is C[C@H]1O[C@H](Oc2cc(O)c3c(=O)c(O[C@@H]4O[C@H](CO)[C@H](O)[C@H](O)[C@H]4O)c(-c4ccc(O)c(O)c4)oc3c2)[C@H](O)[C@H](O)[C@H]1O. The maximum absolute atomic E-state index is 13.7. The molecule has 0 saturated carbocycles. The van der Waals surface area contributed by atoms with E-state index in [1.165, 1.54) is 13.0 Å². The molecule has 0 bridgehead atoms. The molecule has 0 aliphatic carbocycles. The first kappa shape index (κ1) is 30.7. The van der Waals surface area contributed by atoms with E-state index in [9.17, 15) is 55.9 Å². The minimum atomic E-state index is -1.92. The van der Waals surface area contributed by atoms with E-state index in [0.717, 1.165) is 24.3 Å². The summed E-state index contributed by atoms with van der Waals surface area (Å²) in [5, 5.41) is 101. The van der Waals surface area contributed by atoms with Gasteiger partial charge >= 0.3 is 0 Å². The van der Waals surface area contributed by atoms with Crippen molar-refractivity contribution < 1.29 is 74.4 Å². The quantitative estimate of drug-likeness (QED) is 0.135. The number of fused-ring (bicyclic) bond motifs is 1. The van der Waals surface area contributed by atoms with E-state index in [1.54, 1.807) is 0 Å². The normalized spacial score (nSPS) is 32.9. The highest BCUT2D eigenvalue weighted by Gasteiger charge is 2.46. The standard InChI is InChI=1S/C27H30O16/c1-8-17(32)20(35)22(37)26(39-8)40-10-5-13(31)16-14(6-10)41-24(9-2-3-11(29)12(30)4-9)25(19(16)34)43-27-23(38)21(36)18(33)15(7-28)42-27/h2-6,8,15,17-18,20-23,26-33,35-38H,7H2,1H3/t8-,15-,17+,18+,20-,21+,22-,23-,26-,27+/m1/s1. The molecule has 3 aromatic rings.